The van der Waals surface area contributed by atoms with Crippen LogP contribution in [0, 0.1) is 0 Å². The highest BCUT2D eigenvalue weighted by atomic mass is 19.4. The van der Waals surface area contributed by atoms with E-state index in [1.807, 2.05) is 0 Å². The quantitative estimate of drug-likeness (QED) is 0.904. The molecule has 0 unspecified atom stereocenters. The molecule has 7 heteroatoms. The average Bonchev–Trinajstić information content (AvgIpc) is 2.78. The van der Waals surface area contributed by atoms with Gasteiger partial charge in [-0.3, -0.25) is 5.32 Å². The minimum Gasteiger partial charge on any atom is -0.461 e. The number of nitrogens with one attached hydrogen (secondary N) is 1. The number of rotatable bonds is 4. The summed E-state index contributed by atoms with van der Waals surface area (Å²) in [6, 6.07) is 6.34. The topological polar surface area (TPSA) is 51.5 Å². The smallest absolute Gasteiger partial charge is 0.411 e. The lowest BCUT2D eigenvalue weighted by atomic mass is 10.2. The summed E-state index contributed by atoms with van der Waals surface area (Å²) in [5, 5.41) is 3.14. The van der Waals surface area contributed by atoms with Crippen LogP contribution in [0.25, 0.3) is 11.0 Å². The van der Waals surface area contributed by atoms with Crippen molar-refractivity contribution < 1.29 is 27.1 Å². The van der Waals surface area contributed by atoms with Crippen molar-refractivity contribution in [1.82, 2.24) is 0 Å². The van der Waals surface area contributed by atoms with Crippen LogP contribution >= 0.6 is 0 Å². The number of carbonyl (C=O) groups is 1. The number of aryl methyl sites for hydroxylation is 1. The van der Waals surface area contributed by atoms with E-state index in [-0.39, 0.29) is 18.8 Å². The van der Waals surface area contributed by atoms with E-state index in [1.165, 1.54) is 6.07 Å². The summed E-state index contributed by atoms with van der Waals surface area (Å²) < 4.78 is 46.6. The first kappa shape index (κ1) is 15.2. The highest BCUT2D eigenvalue weighted by Gasteiger charge is 2.27. The zero-order valence-electron chi connectivity index (χ0n) is 11.3. The molecule has 21 heavy (non-hydrogen) atoms. The largest absolute Gasteiger partial charge is 0.461 e. The van der Waals surface area contributed by atoms with Gasteiger partial charge in [0.15, 0.2) is 0 Å². The highest BCUT2D eigenvalue weighted by molar-refractivity contribution is 5.89. The van der Waals surface area contributed by atoms with Crippen molar-refractivity contribution >= 4 is 22.7 Å². The minimum atomic E-state index is -4.21. The molecule has 0 spiro atoms. The van der Waals surface area contributed by atoms with E-state index in [1.54, 1.807) is 25.1 Å². The molecule has 0 saturated heterocycles. The van der Waals surface area contributed by atoms with E-state index in [9.17, 15) is 18.0 Å². The van der Waals surface area contributed by atoms with Crippen molar-refractivity contribution in [2.75, 3.05) is 11.9 Å². The van der Waals surface area contributed by atoms with Gasteiger partial charge in [-0.25, -0.2) is 4.79 Å². The summed E-state index contributed by atoms with van der Waals surface area (Å²) in [7, 11) is 0. The molecule has 1 aromatic carbocycles. The number of fused-ring (bicyclic) bond motifs is 1. The van der Waals surface area contributed by atoms with Gasteiger partial charge in [-0.2, -0.15) is 13.2 Å². The predicted octanol–water partition coefficient (Wildman–Crippen LogP) is 4.50. The second-order valence-electron chi connectivity index (χ2n) is 4.43. The maximum atomic E-state index is 12.2. The fourth-order valence-electron chi connectivity index (χ4n) is 1.85. The van der Waals surface area contributed by atoms with Gasteiger partial charge in [0.05, 0.1) is 13.0 Å². The SMILES string of the molecule is CCOC(=O)Nc1ccc2oc(CCC(F)(F)F)cc2c1. The van der Waals surface area contributed by atoms with Crippen LogP contribution in [0.5, 0.6) is 0 Å². The molecule has 0 aliphatic heterocycles. The normalized spacial score (nSPS) is 11.6. The molecule has 2 rings (SSSR count). The molecule has 0 saturated carbocycles. The molecule has 1 heterocycles. The second-order valence-corrected chi connectivity index (χ2v) is 4.43. The Bertz CT molecular complexity index is 634. The van der Waals surface area contributed by atoms with Crippen molar-refractivity contribution in [2.24, 2.45) is 0 Å². The number of hydrogen-bond donors (Lipinski definition) is 1. The Morgan fingerprint density at radius 2 is 2.10 bits per heavy atom. The Labute approximate surface area is 118 Å². The van der Waals surface area contributed by atoms with E-state index in [4.69, 9.17) is 9.15 Å². The number of hydrogen-bond acceptors (Lipinski definition) is 3. The van der Waals surface area contributed by atoms with E-state index < -0.39 is 18.7 Å². The summed E-state index contributed by atoms with van der Waals surface area (Å²) in [5.74, 6) is 0.260. The van der Waals surface area contributed by atoms with Gasteiger partial charge in [-0.15, -0.1) is 0 Å². The van der Waals surface area contributed by atoms with Crippen LogP contribution in [-0.2, 0) is 11.2 Å². The van der Waals surface area contributed by atoms with Gasteiger partial charge in [0.25, 0.3) is 0 Å². The van der Waals surface area contributed by atoms with Gasteiger partial charge in [0, 0.05) is 17.5 Å². The molecule has 4 nitrogen and oxygen atoms in total. The zero-order chi connectivity index (χ0) is 15.5. The Balaban J connectivity index is 2.10. The molecule has 114 valence electrons. The minimum absolute atomic E-state index is 0.210. The molecule has 0 fully saturated rings. The molecule has 2 aromatic rings. The third kappa shape index (κ3) is 4.40. The van der Waals surface area contributed by atoms with Gasteiger partial charge < -0.3 is 9.15 Å². The van der Waals surface area contributed by atoms with Crippen molar-refractivity contribution in [3.05, 3.63) is 30.0 Å². The van der Waals surface area contributed by atoms with Crippen LogP contribution in [0.1, 0.15) is 19.1 Å². The Hall–Kier alpha value is -2.18. The number of furan rings is 1. The number of alkyl halides is 3. The summed E-state index contributed by atoms with van der Waals surface area (Å²) in [6.45, 7) is 1.94. The summed E-state index contributed by atoms with van der Waals surface area (Å²) in [4.78, 5) is 11.3. The molecular formula is C14H14F3NO3. The standard InChI is InChI=1S/C14H14F3NO3/c1-2-20-13(19)18-10-3-4-12-9(7-10)8-11(21-12)5-6-14(15,16)17/h3-4,7-8H,2,5-6H2,1H3,(H,18,19). The summed E-state index contributed by atoms with van der Waals surface area (Å²) in [6.07, 6.45) is -5.94. The number of halogens is 3. The first-order chi connectivity index (χ1) is 9.87. The van der Waals surface area contributed by atoms with Gasteiger partial charge in [-0.1, -0.05) is 0 Å². The third-order valence-corrected chi connectivity index (χ3v) is 2.74. The maximum absolute atomic E-state index is 12.2. The number of carbonyl (C=O) groups excluding carboxylic acids is 1. The lowest BCUT2D eigenvalue weighted by molar-refractivity contribution is -0.134. The monoisotopic (exact) mass is 301 g/mol. The Morgan fingerprint density at radius 3 is 2.76 bits per heavy atom. The maximum Gasteiger partial charge on any atom is 0.411 e. The molecule has 1 N–H and O–H groups in total. The van der Waals surface area contributed by atoms with Crippen LogP contribution in [0.2, 0.25) is 0 Å². The predicted molar refractivity (Wildman–Crippen MR) is 71.2 cm³/mol. The summed E-state index contributed by atoms with van der Waals surface area (Å²) >= 11 is 0. The highest BCUT2D eigenvalue weighted by Crippen LogP contribution is 2.27. The van der Waals surface area contributed by atoms with Crippen molar-refractivity contribution in [3.8, 4) is 0 Å². The van der Waals surface area contributed by atoms with E-state index in [2.05, 4.69) is 5.32 Å². The van der Waals surface area contributed by atoms with Crippen LogP contribution in [0.4, 0.5) is 23.7 Å². The fraction of sp³-hybridized carbons (Fsp3) is 0.357. The van der Waals surface area contributed by atoms with Gasteiger partial charge in [0.1, 0.15) is 11.3 Å². The zero-order valence-corrected chi connectivity index (χ0v) is 11.3. The molecule has 1 amide bonds. The summed E-state index contributed by atoms with van der Waals surface area (Å²) in [5.41, 5.74) is 0.964. The lowest BCUT2D eigenvalue weighted by Gasteiger charge is -2.04. The molecule has 0 aliphatic carbocycles. The third-order valence-electron chi connectivity index (χ3n) is 2.74. The van der Waals surface area contributed by atoms with Crippen LogP contribution in [0.3, 0.4) is 0 Å². The number of benzene rings is 1. The fourth-order valence-corrected chi connectivity index (χ4v) is 1.85. The molecule has 0 aliphatic rings. The first-order valence-electron chi connectivity index (χ1n) is 6.40. The average molecular weight is 301 g/mol. The second kappa shape index (κ2) is 6.07. The van der Waals surface area contributed by atoms with Gasteiger partial charge >= 0.3 is 12.3 Å². The molecule has 1 aromatic heterocycles. The van der Waals surface area contributed by atoms with E-state index in [0.29, 0.717) is 16.7 Å². The molecule has 0 radical (unpaired) electrons. The number of ether oxygens (including phenoxy) is 1. The van der Waals surface area contributed by atoms with Crippen molar-refractivity contribution in [1.29, 1.82) is 0 Å². The Morgan fingerprint density at radius 1 is 1.33 bits per heavy atom. The molecular weight excluding hydrogens is 287 g/mol. The van der Waals surface area contributed by atoms with Gasteiger partial charge in [-0.05, 0) is 31.2 Å². The van der Waals surface area contributed by atoms with Crippen LogP contribution in [0.15, 0.2) is 28.7 Å². The lowest BCUT2D eigenvalue weighted by Crippen LogP contribution is -2.12. The van der Waals surface area contributed by atoms with E-state index >= 15 is 0 Å². The van der Waals surface area contributed by atoms with E-state index in [0.717, 1.165) is 0 Å². The van der Waals surface area contributed by atoms with Crippen molar-refractivity contribution in [3.63, 3.8) is 0 Å². The number of anilines is 1. The molecule has 0 bridgehead atoms. The van der Waals surface area contributed by atoms with Crippen LogP contribution in [-0.4, -0.2) is 18.9 Å². The number of amides is 1. The Kier molecular flexibility index (Phi) is 4.40. The molecule has 0 atom stereocenters. The van der Waals surface area contributed by atoms with Crippen molar-refractivity contribution in [2.45, 2.75) is 25.9 Å². The van der Waals surface area contributed by atoms with Crippen LogP contribution < -0.4 is 5.32 Å². The van der Waals surface area contributed by atoms with Gasteiger partial charge in [0.2, 0.25) is 0 Å². The first-order valence-corrected chi connectivity index (χ1v) is 6.40.